The molecule has 1 aromatic rings. The minimum atomic E-state index is -0.432. The molecule has 2 rings (SSSR count). The van der Waals surface area contributed by atoms with Crippen LogP contribution in [-0.2, 0) is 4.74 Å². The molecule has 110 valence electrons. The molecular weight excluding hydrogens is 261 g/mol. The van der Waals surface area contributed by atoms with E-state index in [9.17, 15) is 9.18 Å². The lowest BCUT2D eigenvalue weighted by Gasteiger charge is -2.22. The minimum Gasteiger partial charge on any atom is -0.378 e. The van der Waals surface area contributed by atoms with E-state index in [0.717, 1.165) is 19.2 Å². The molecule has 0 spiro atoms. The van der Waals surface area contributed by atoms with Crippen molar-refractivity contribution < 1.29 is 13.9 Å². The monoisotopic (exact) mass is 281 g/mol. The molecule has 5 nitrogen and oxygen atoms in total. The molecule has 0 aromatic carbocycles. The van der Waals surface area contributed by atoms with Gasteiger partial charge in [-0.15, -0.1) is 0 Å². The van der Waals surface area contributed by atoms with Gasteiger partial charge in [-0.1, -0.05) is 13.8 Å². The summed E-state index contributed by atoms with van der Waals surface area (Å²) in [6.07, 6.45) is 2.21. The Kier molecular flexibility index (Phi) is 4.89. The number of hydrogen-bond donors (Lipinski definition) is 2. The molecule has 1 aliphatic heterocycles. The first-order valence-corrected chi connectivity index (χ1v) is 6.84. The Hall–Kier alpha value is -1.69. The van der Waals surface area contributed by atoms with E-state index in [1.165, 1.54) is 12.1 Å². The molecule has 1 aromatic heterocycles. The van der Waals surface area contributed by atoms with Crippen LogP contribution >= 0.6 is 0 Å². The number of amides is 2. The van der Waals surface area contributed by atoms with Crippen molar-refractivity contribution in [2.24, 2.45) is 11.8 Å². The van der Waals surface area contributed by atoms with Crippen LogP contribution in [0.15, 0.2) is 18.3 Å². The van der Waals surface area contributed by atoms with Crippen molar-refractivity contribution >= 4 is 11.8 Å². The lowest BCUT2D eigenvalue weighted by atomic mass is 9.93. The summed E-state index contributed by atoms with van der Waals surface area (Å²) in [5.41, 5.74) is 0. The van der Waals surface area contributed by atoms with Crippen molar-refractivity contribution in [3.63, 3.8) is 0 Å². The Bertz CT molecular complexity index is 450. The van der Waals surface area contributed by atoms with Gasteiger partial charge in [-0.2, -0.15) is 0 Å². The SMILES string of the molecule is CC(C)[C@@H]1OCC[C@H]1CNC(=O)Nc1ccc(F)cn1. The molecule has 0 aliphatic carbocycles. The van der Waals surface area contributed by atoms with Crippen LogP contribution in [0.25, 0.3) is 0 Å². The van der Waals surface area contributed by atoms with Gasteiger partial charge < -0.3 is 10.1 Å². The predicted molar refractivity (Wildman–Crippen MR) is 73.9 cm³/mol. The summed E-state index contributed by atoms with van der Waals surface area (Å²) >= 11 is 0. The highest BCUT2D eigenvalue weighted by molar-refractivity contribution is 5.88. The Morgan fingerprint density at radius 3 is 3.00 bits per heavy atom. The number of nitrogens with one attached hydrogen (secondary N) is 2. The summed E-state index contributed by atoms with van der Waals surface area (Å²) in [6, 6.07) is 2.34. The van der Waals surface area contributed by atoms with Gasteiger partial charge in [0.25, 0.3) is 0 Å². The smallest absolute Gasteiger partial charge is 0.320 e. The van der Waals surface area contributed by atoms with E-state index >= 15 is 0 Å². The zero-order valence-electron chi connectivity index (χ0n) is 11.7. The third-order valence-corrected chi connectivity index (χ3v) is 3.41. The second-order valence-corrected chi connectivity index (χ2v) is 5.32. The van der Waals surface area contributed by atoms with Crippen LogP contribution in [0.1, 0.15) is 20.3 Å². The molecule has 0 unspecified atom stereocenters. The van der Waals surface area contributed by atoms with Gasteiger partial charge in [0.15, 0.2) is 0 Å². The number of carbonyl (C=O) groups excluding carboxylic acids is 1. The second kappa shape index (κ2) is 6.65. The summed E-state index contributed by atoms with van der Waals surface area (Å²) in [4.78, 5) is 15.5. The molecule has 1 aliphatic rings. The minimum absolute atomic E-state index is 0.194. The van der Waals surface area contributed by atoms with Gasteiger partial charge >= 0.3 is 6.03 Å². The molecule has 1 fully saturated rings. The van der Waals surface area contributed by atoms with Gasteiger partial charge in [-0.25, -0.2) is 14.2 Å². The number of hydrogen-bond acceptors (Lipinski definition) is 3. The Labute approximate surface area is 117 Å². The number of urea groups is 1. The fourth-order valence-corrected chi connectivity index (χ4v) is 2.44. The number of carbonyl (C=O) groups is 1. The second-order valence-electron chi connectivity index (χ2n) is 5.32. The predicted octanol–water partition coefficient (Wildman–Crippen LogP) is 2.40. The van der Waals surface area contributed by atoms with E-state index in [1.807, 2.05) is 0 Å². The van der Waals surface area contributed by atoms with Crippen LogP contribution in [0.4, 0.5) is 15.0 Å². The van der Waals surface area contributed by atoms with Crippen LogP contribution in [0.5, 0.6) is 0 Å². The largest absolute Gasteiger partial charge is 0.378 e. The van der Waals surface area contributed by atoms with Gasteiger partial charge in [0, 0.05) is 19.1 Å². The molecule has 2 atom stereocenters. The number of anilines is 1. The normalized spacial score (nSPS) is 22.0. The molecule has 2 amide bonds. The van der Waals surface area contributed by atoms with E-state index in [2.05, 4.69) is 29.5 Å². The van der Waals surface area contributed by atoms with Crippen LogP contribution in [0, 0.1) is 17.7 Å². The molecular formula is C14H20FN3O2. The maximum atomic E-state index is 12.7. The van der Waals surface area contributed by atoms with E-state index < -0.39 is 5.82 Å². The summed E-state index contributed by atoms with van der Waals surface area (Å²) in [5.74, 6) is 0.666. The number of nitrogens with zero attached hydrogens (tertiary/aromatic N) is 1. The standard InChI is InChI=1S/C14H20FN3O2/c1-9(2)13-10(5-6-20-13)7-17-14(19)18-12-4-3-11(15)8-16-12/h3-4,8-10,13H,5-7H2,1-2H3,(H2,16,17,18,19)/t10-,13-/m0/s1. The van der Waals surface area contributed by atoms with Crippen molar-refractivity contribution in [3.8, 4) is 0 Å². The molecule has 20 heavy (non-hydrogen) atoms. The lowest BCUT2D eigenvalue weighted by molar-refractivity contribution is 0.0546. The van der Waals surface area contributed by atoms with Gasteiger partial charge in [0.1, 0.15) is 11.6 Å². The molecule has 2 N–H and O–H groups in total. The first-order chi connectivity index (χ1) is 9.56. The van der Waals surface area contributed by atoms with E-state index in [0.29, 0.717) is 24.2 Å². The summed E-state index contributed by atoms with van der Waals surface area (Å²) < 4.78 is 18.4. The van der Waals surface area contributed by atoms with Crippen molar-refractivity contribution in [1.82, 2.24) is 10.3 Å². The average Bonchev–Trinajstić information content (AvgIpc) is 2.88. The van der Waals surface area contributed by atoms with Crippen LogP contribution in [-0.4, -0.2) is 30.3 Å². The maximum Gasteiger partial charge on any atom is 0.320 e. The van der Waals surface area contributed by atoms with Gasteiger partial charge in [0.05, 0.1) is 12.3 Å². The third kappa shape index (κ3) is 3.90. The quantitative estimate of drug-likeness (QED) is 0.890. The Morgan fingerprint density at radius 1 is 1.55 bits per heavy atom. The number of aromatic nitrogens is 1. The Balaban J connectivity index is 1.79. The van der Waals surface area contributed by atoms with Crippen LogP contribution < -0.4 is 10.6 Å². The van der Waals surface area contributed by atoms with Crippen molar-refractivity contribution in [3.05, 3.63) is 24.1 Å². The number of rotatable bonds is 4. The number of ether oxygens (including phenoxy) is 1. The van der Waals surface area contributed by atoms with E-state index in [-0.39, 0.29) is 12.1 Å². The molecule has 0 radical (unpaired) electrons. The van der Waals surface area contributed by atoms with Crippen LogP contribution in [0.2, 0.25) is 0 Å². The zero-order chi connectivity index (χ0) is 14.5. The molecule has 0 saturated carbocycles. The van der Waals surface area contributed by atoms with E-state index in [4.69, 9.17) is 4.74 Å². The third-order valence-electron chi connectivity index (χ3n) is 3.41. The van der Waals surface area contributed by atoms with Gasteiger partial charge in [-0.05, 0) is 24.5 Å². The molecule has 6 heteroatoms. The number of halogens is 1. The molecule has 2 heterocycles. The van der Waals surface area contributed by atoms with Crippen molar-refractivity contribution in [1.29, 1.82) is 0 Å². The molecule has 0 bridgehead atoms. The topological polar surface area (TPSA) is 63.2 Å². The molecule has 1 saturated heterocycles. The maximum absolute atomic E-state index is 12.7. The summed E-state index contributed by atoms with van der Waals surface area (Å²) in [7, 11) is 0. The van der Waals surface area contributed by atoms with Crippen LogP contribution in [0.3, 0.4) is 0 Å². The highest BCUT2D eigenvalue weighted by Gasteiger charge is 2.30. The first kappa shape index (κ1) is 14.7. The van der Waals surface area contributed by atoms with E-state index in [1.54, 1.807) is 0 Å². The fourth-order valence-electron chi connectivity index (χ4n) is 2.44. The Morgan fingerprint density at radius 2 is 2.35 bits per heavy atom. The average molecular weight is 281 g/mol. The summed E-state index contributed by atoms with van der Waals surface area (Å²) in [5, 5.41) is 5.38. The van der Waals surface area contributed by atoms with Crippen molar-refractivity contribution in [2.75, 3.05) is 18.5 Å². The lowest BCUT2D eigenvalue weighted by Crippen LogP contribution is -2.37. The van der Waals surface area contributed by atoms with Gasteiger partial charge in [-0.3, -0.25) is 5.32 Å². The number of pyridine rings is 1. The highest BCUT2D eigenvalue weighted by Crippen LogP contribution is 2.26. The van der Waals surface area contributed by atoms with Gasteiger partial charge in [0.2, 0.25) is 0 Å². The first-order valence-electron chi connectivity index (χ1n) is 6.84. The zero-order valence-corrected chi connectivity index (χ0v) is 11.7. The van der Waals surface area contributed by atoms with Crippen molar-refractivity contribution in [2.45, 2.75) is 26.4 Å². The fraction of sp³-hybridized carbons (Fsp3) is 0.571. The highest BCUT2D eigenvalue weighted by atomic mass is 19.1. The summed E-state index contributed by atoms with van der Waals surface area (Å²) in [6.45, 7) is 5.54.